The molecule has 1 heterocycles. The molecule has 1 N–H and O–H groups in total. The molecular formula is C22H27FN2O4S. The molecule has 0 spiro atoms. The van der Waals surface area contributed by atoms with Crippen LogP contribution in [0.5, 0.6) is 5.75 Å². The molecule has 2 aromatic carbocycles. The van der Waals surface area contributed by atoms with E-state index in [-0.39, 0.29) is 29.6 Å². The molecule has 0 aromatic heterocycles. The van der Waals surface area contributed by atoms with E-state index in [4.69, 9.17) is 4.74 Å². The summed E-state index contributed by atoms with van der Waals surface area (Å²) in [7, 11) is -2.66. The van der Waals surface area contributed by atoms with Crippen molar-refractivity contribution < 1.29 is 22.3 Å². The van der Waals surface area contributed by atoms with Gasteiger partial charge in [0.15, 0.2) is 0 Å². The van der Waals surface area contributed by atoms with E-state index in [9.17, 15) is 17.6 Å². The van der Waals surface area contributed by atoms with Crippen molar-refractivity contribution in [1.29, 1.82) is 0 Å². The zero-order valence-electron chi connectivity index (χ0n) is 17.4. The van der Waals surface area contributed by atoms with Gasteiger partial charge in [-0.1, -0.05) is 25.1 Å². The summed E-state index contributed by atoms with van der Waals surface area (Å²) in [5.74, 6) is -1.27. The van der Waals surface area contributed by atoms with Gasteiger partial charge >= 0.3 is 0 Å². The van der Waals surface area contributed by atoms with Crippen molar-refractivity contribution in [3.63, 3.8) is 0 Å². The van der Waals surface area contributed by atoms with Crippen LogP contribution in [0.25, 0.3) is 0 Å². The highest BCUT2D eigenvalue weighted by molar-refractivity contribution is 7.89. The first kappa shape index (κ1) is 22.2. The standard InChI is InChI=1S/C22H27FN2O4S/c1-4-16-8-5-7-15(2)21(16)24-22(26)17-9-6-12-25(14-17)30(27,28)20-13-18(23)10-11-19(20)29-3/h5,7-8,10-11,13,17H,4,6,9,12,14H2,1-3H3,(H,24,26)/t17-/m1/s1. The van der Waals surface area contributed by atoms with Crippen LogP contribution in [0.2, 0.25) is 0 Å². The average molecular weight is 435 g/mol. The number of carbonyl (C=O) groups is 1. The van der Waals surface area contributed by atoms with Crippen LogP contribution >= 0.6 is 0 Å². The minimum atomic E-state index is -4.00. The van der Waals surface area contributed by atoms with Gasteiger partial charge in [-0.15, -0.1) is 0 Å². The zero-order chi connectivity index (χ0) is 21.9. The van der Waals surface area contributed by atoms with Crippen LogP contribution in [0.3, 0.4) is 0 Å². The number of halogens is 1. The number of ether oxygens (including phenoxy) is 1. The second-order valence-corrected chi connectivity index (χ2v) is 9.36. The first-order valence-electron chi connectivity index (χ1n) is 10.0. The third kappa shape index (κ3) is 4.49. The molecule has 1 aliphatic heterocycles. The minimum absolute atomic E-state index is 0.0428. The van der Waals surface area contributed by atoms with Crippen molar-refractivity contribution in [2.45, 2.75) is 38.0 Å². The van der Waals surface area contributed by atoms with Gasteiger partial charge in [-0.2, -0.15) is 4.31 Å². The van der Waals surface area contributed by atoms with Crippen molar-refractivity contribution in [1.82, 2.24) is 4.31 Å². The Morgan fingerprint density at radius 2 is 2.07 bits per heavy atom. The number of hydrogen-bond acceptors (Lipinski definition) is 4. The fraction of sp³-hybridized carbons (Fsp3) is 0.409. The number of aryl methyl sites for hydroxylation is 2. The van der Waals surface area contributed by atoms with Crippen LogP contribution in [0.1, 0.15) is 30.9 Å². The Bertz CT molecular complexity index is 1040. The molecule has 0 radical (unpaired) electrons. The molecule has 162 valence electrons. The second-order valence-electron chi connectivity index (χ2n) is 7.45. The maximum absolute atomic E-state index is 13.7. The van der Waals surface area contributed by atoms with Crippen LogP contribution in [-0.2, 0) is 21.2 Å². The third-order valence-corrected chi connectivity index (χ3v) is 7.37. The summed E-state index contributed by atoms with van der Waals surface area (Å²) in [5.41, 5.74) is 2.79. The number of carbonyl (C=O) groups excluding carboxylic acids is 1. The molecule has 0 bridgehead atoms. The molecule has 0 saturated carbocycles. The van der Waals surface area contributed by atoms with Crippen molar-refractivity contribution >= 4 is 21.6 Å². The van der Waals surface area contributed by atoms with Gasteiger partial charge in [-0.05, 0) is 55.5 Å². The number of rotatable bonds is 6. The number of methoxy groups -OCH3 is 1. The maximum atomic E-state index is 13.7. The Labute approximate surface area is 177 Å². The first-order valence-corrected chi connectivity index (χ1v) is 11.4. The van der Waals surface area contributed by atoms with E-state index >= 15 is 0 Å². The van der Waals surface area contributed by atoms with Crippen molar-refractivity contribution in [2.24, 2.45) is 5.92 Å². The lowest BCUT2D eigenvalue weighted by Crippen LogP contribution is -2.43. The Kier molecular flexibility index (Phi) is 6.77. The lowest BCUT2D eigenvalue weighted by Gasteiger charge is -2.31. The van der Waals surface area contributed by atoms with E-state index in [1.54, 1.807) is 0 Å². The fourth-order valence-corrected chi connectivity index (χ4v) is 5.48. The van der Waals surface area contributed by atoms with Gasteiger partial charge in [-0.25, -0.2) is 12.8 Å². The maximum Gasteiger partial charge on any atom is 0.246 e. The van der Waals surface area contributed by atoms with Gasteiger partial charge < -0.3 is 10.1 Å². The number of nitrogens with zero attached hydrogens (tertiary/aromatic N) is 1. The second kappa shape index (κ2) is 9.14. The monoisotopic (exact) mass is 434 g/mol. The number of para-hydroxylation sites is 1. The molecule has 1 fully saturated rings. The Morgan fingerprint density at radius 3 is 2.77 bits per heavy atom. The van der Waals surface area contributed by atoms with Gasteiger partial charge in [-0.3, -0.25) is 4.79 Å². The zero-order valence-corrected chi connectivity index (χ0v) is 18.3. The third-order valence-electron chi connectivity index (χ3n) is 5.49. The number of benzene rings is 2. The normalized spacial score (nSPS) is 17.5. The quantitative estimate of drug-likeness (QED) is 0.751. The van der Waals surface area contributed by atoms with Crippen molar-refractivity contribution in [3.8, 4) is 5.75 Å². The molecule has 6 nitrogen and oxygen atoms in total. The summed E-state index contributed by atoms with van der Waals surface area (Å²) >= 11 is 0. The summed E-state index contributed by atoms with van der Waals surface area (Å²) in [6.45, 7) is 4.27. The van der Waals surface area contributed by atoms with Gasteiger partial charge in [0.2, 0.25) is 15.9 Å². The predicted molar refractivity (Wildman–Crippen MR) is 114 cm³/mol. The summed E-state index contributed by atoms with van der Waals surface area (Å²) in [6.07, 6.45) is 1.91. The van der Waals surface area contributed by atoms with Gasteiger partial charge in [0, 0.05) is 18.8 Å². The number of sulfonamides is 1. The molecule has 1 saturated heterocycles. The van der Waals surface area contributed by atoms with Crippen LogP contribution < -0.4 is 10.1 Å². The van der Waals surface area contributed by atoms with E-state index < -0.39 is 21.8 Å². The molecule has 3 rings (SSSR count). The summed E-state index contributed by atoms with van der Waals surface area (Å²) in [5, 5.41) is 3.00. The number of nitrogens with one attached hydrogen (secondary N) is 1. The van der Waals surface area contributed by atoms with E-state index in [1.165, 1.54) is 17.5 Å². The van der Waals surface area contributed by atoms with Gasteiger partial charge in [0.05, 0.1) is 13.0 Å². The molecule has 1 atom stereocenters. The van der Waals surface area contributed by atoms with Crippen molar-refractivity contribution in [3.05, 3.63) is 53.3 Å². The van der Waals surface area contributed by atoms with E-state index in [1.807, 2.05) is 32.0 Å². The Balaban J connectivity index is 1.82. The van der Waals surface area contributed by atoms with E-state index in [2.05, 4.69) is 5.32 Å². The van der Waals surface area contributed by atoms with E-state index in [0.717, 1.165) is 35.4 Å². The summed E-state index contributed by atoms with van der Waals surface area (Å²) < 4.78 is 46.4. The molecule has 30 heavy (non-hydrogen) atoms. The highest BCUT2D eigenvalue weighted by Crippen LogP contribution is 2.31. The van der Waals surface area contributed by atoms with E-state index in [0.29, 0.717) is 12.8 Å². The largest absolute Gasteiger partial charge is 0.495 e. The minimum Gasteiger partial charge on any atom is -0.495 e. The summed E-state index contributed by atoms with van der Waals surface area (Å²) in [4.78, 5) is 12.7. The molecule has 1 aliphatic rings. The highest BCUT2D eigenvalue weighted by Gasteiger charge is 2.35. The SMILES string of the molecule is CCc1cccc(C)c1NC(=O)[C@@H]1CCCN(S(=O)(=O)c2cc(F)ccc2OC)C1. The van der Waals surface area contributed by atoms with Gasteiger partial charge in [0.25, 0.3) is 0 Å². The Morgan fingerprint density at radius 1 is 1.30 bits per heavy atom. The Hall–Kier alpha value is -2.45. The van der Waals surface area contributed by atoms with Crippen LogP contribution in [-0.4, -0.2) is 38.8 Å². The van der Waals surface area contributed by atoms with Crippen LogP contribution in [0.15, 0.2) is 41.3 Å². The van der Waals surface area contributed by atoms with Crippen molar-refractivity contribution in [2.75, 3.05) is 25.5 Å². The molecule has 0 unspecified atom stereocenters. The van der Waals surface area contributed by atoms with Gasteiger partial charge in [0.1, 0.15) is 16.5 Å². The molecule has 2 aromatic rings. The number of piperidine rings is 1. The number of anilines is 1. The molecule has 1 amide bonds. The smallest absolute Gasteiger partial charge is 0.246 e. The lowest BCUT2D eigenvalue weighted by atomic mass is 9.98. The first-order chi connectivity index (χ1) is 14.3. The lowest BCUT2D eigenvalue weighted by molar-refractivity contribution is -0.120. The van der Waals surface area contributed by atoms with Crippen LogP contribution in [0.4, 0.5) is 10.1 Å². The predicted octanol–water partition coefficient (Wildman–Crippen LogP) is 3.74. The number of amides is 1. The summed E-state index contributed by atoms with van der Waals surface area (Å²) in [6, 6.07) is 9.25. The van der Waals surface area contributed by atoms with Crippen LogP contribution in [0, 0.1) is 18.7 Å². The molecule has 0 aliphatic carbocycles. The average Bonchev–Trinajstić information content (AvgIpc) is 2.75. The fourth-order valence-electron chi connectivity index (χ4n) is 3.79. The number of hydrogen-bond donors (Lipinski definition) is 1. The molecular weight excluding hydrogens is 407 g/mol. The topological polar surface area (TPSA) is 75.7 Å². The highest BCUT2D eigenvalue weighted by atomic mass is 32.2. The molecule has 8 heteroatoms.